The molecule has 0 radical (unpaired) electrons. The number of carbonyl (C=O) groups excluding carboxylic acids is 2. The fourth-order valence-electron chi connectivity index (χ4n) is 3.36. The zero-order valence-electron chi connectivity index (χ0n) is 20.2. The number of nitrogens with one attached hydrogen (secondary N) is 1. The number of hydrogen-bond donors (Lipinski definition) is 1. The van der Waals surface area contributed by atoms with Gasteiger partial charge in [-0.1, -0.05) is 45.0 Å². The number of thioether (sulfide) groups is 1. The first-order valence-electron chi connectivity index (χ1n) is 11.3. The van der Waals surface area contributed by atoms with Crippen LogP contribution in [0.1, 0.15) is 38.3 Å². The highest BCUT2D eigenvalue weighted by molar-refractivity contribution is 7.99. The third-order valence-electron chi connectivity index (χ3n) is 5.20. The van der Waals surface area contributed by atoms with E-state index in [1.165, 1.54) is 23.9 Å². The van der Waals surface area contributed by atoms with Gasteiger partial charge in [0, 0.05) is 31.0 Å². The Morgan fingerprint density at radius 2 is 1.85 bits per heavy atom. The molecule has 1 N–H and O–H groups in total. The van der Waals surface area contributed by atoms with Crippen LogP contribution in [0, 0.1) is 16.0 Å². The normalized spacial score (nSPS) is 11.7. The lowest BCUT2D eigenvalue weighted by molar-refractivity contribution is -0.384. The van der Waals surface area contributed by atoms with Crippen LogP contribution in [0.5, 0.6) is 5.75 Å². The molecule has 2 amide bonds. The zero-order chi connectivity index (χ0) is 25.1. The number of nitro groups is 1. The number of non-ortho nitro benzene ring substituents is 1. The highest BCUT2D eigenvalue weighted by atomic mass is 32.2. The van der Waals surface area contributed by atoms with E-state index in [9.17, 15) is 19.7 Å². The summed E-state index contributed by atoms with van der Waals surface area (Å²) in [5.74, 6) is 1.42. The summed E-state index contributed by atoms with van der Waals surface area (Å²) in [4.78, 5) is 38.2. The Balaban J connectivity index is 2.13. The second-order valence-corrected chi connectivity index (χ2v) is 9.34. The van der Waals surface area contributed by atoms with Gasteiger partial charge in [-0.2, -0.15) is 0 Å². The fourth-order valence-corrected chi connectivity index (χ4v) is 4.23. The molecule has 0 aliphatic rings. The lowest BCUT2D eigenvalue weighted by Crippen LogP contribution is -2.50. The van der Waals surface area contributed by atoms with Gasteiger partial charge in [0.1, 0.15) is 11.8 Å². The molecule has 0 fully saturated rings. The highest BCUT2D eigenvalue weighted by Gasteiger charge is 2.28. The van der Waals surface area contributed by atoms with Crippen molar-refractivity contribution in [2.24, 2.45) is 5.92 Å². The van der Waals surface area contributed by atoms with E-state index in [0.29, 0.717) is 36.9 Å². The topological polar surface area (TPSA) is 102 Å². The van der Waals surface area contributed by atoms with E-state index in [4.69, 9.17) is 4.74 Å². The number of ether oxygens (including phenoxy) is 1. The maximum atomic E-state index is 13.3. The van der Waals surface area contributed by atoms with Gasteiger partial charge < -0.3 is 15.0 Å². The molecular formula is C25H33N3O5S. The summed E-state index contributed by atoms with van der Waals surface area (Å²) in [6.07, 6.45) is 0.493. The Morgan fingerprint density at radius 3 is 2.44 bits per heavy atom. The summed E-state index contributed by atoms with van der Waals surface area (Å²) in [7, 11) is 1.59. The minimum atomic E-state index is -0.586. The highest BCUT2D eigenvalue weighted by Crippen LogP contribution is 2.21. The molecule has 34 heavy (non-hydrogen) atoms. The molecule has 9 heteroatoms. The van der Waals surface area contributed by atoms with Gasteiger partial charge in [0.05, 0.1) is 17.8 Å². The second-order valence-electron chi connectivity index (χ2n) is 8.35. The predicted molar refractivity (Wildman–Crippen MR) is 135 cm³/mol. The number of nitrogens with zero attached hydrogens (tertiary/aromatic N) is 2. The molecule has 0 bridgehead atoms. The van der Waals surface area contributed by atoms with E-state index in [2.05, 4.69) is 5.32 Å². The van der Waals surface area contributed by atoms with Gasteiger partial charge in [-0.05, 0) is 35.6 Å². The van der Waals surface area contributed by atoms with E-state index in [0.717, 1.165) is 11.1 Å². The first-order chi connectivity index (χ1) is 16.2. The van der Waals surface area contributed by atoms with Crippen LogP contribution in [0.25, 0.3) is 0 Å². The minimum absolute atomic E-state index is 0.0347. The van der Waals surface area contributed by atoms with Crippen LogP contribution in [0.4, 0.5) is 5.69 Å². The molecule has 2 aromatic rings. The summed E-state index contributed by atoms with van der Waals surface area (Å²) < 4.78 is 5.30. The number of benzene rings is 2. The summed E-state index contributed by atoms with van der Waals surface area (Å²) in [5.41, 5.74) is 1.81. The first-order valence-corrected chi connectivity index (χ1v) is 12.4. The van der Waals surface area contributed by atoms with Gasteiger partial charge in [-0.15, -0.1) is 11.8 Å². The first kappa shape index (κ1) is 27.2. The van der Waals surface area contributed by atoms with Crippen molar-refractivity contribution in [1.82, 2.24) is 10.2 Å². The van der Waals surface area contributed by atoms with Crippen molar-refractivity contribution in [3.05, 3.63) is 69.8 Å². The molecule has 0 spiro atoms. The van der Waals surface area contributed by atoms with Crippen molar-refractivity contribution in [2.45, 2.75) is 45.5 Å². The van der Waals surface area contributed by atoms with Crippen molar-refractivity contribution < 1.29 is 19.2 Å². The van der Waals surface area contributed by atoms with E-state index in [-0.39, 0.29) is 23.3 Å². The van der Waals surface area contributed by atoms with Gasteiger partial charge >= 0.3 is 0 Å². The Labute approximate surface area is 205 Å². The van der Waals surface area contributed by atoms with Gasteiger partial charge in [0.15, 0.2) is 0 Å². The van der Waals surface area contributed by atoms with E-state index in [1.54, 1.807) is 24.1 Å². The summed E-state index contributed by atoms with van der Waals surface area (Å²) in [6.45, 7) is 6.78. The average molecular weight is 488 g/mol. The van der Waals surface area contributed by atoms with Crippen molar-refractivity contribution in [3.8, 4) is 5.75 Å². The molecule has 8 nitrogen and oxygen atoms in total. The van der Waals surface area contributed by atoms with Gasteiger partial charge in [0.25, 0.3) is 5.69 Å². The molecule has 1 atom stereocenters. The van der Waals surface area contributed by atoms with Gasteiger partial charge in [0.2, 0.25) is 11.8 Å². The van der Waals surface area contributed by atoms with Crippen LogP contribution >= 0.6 is 11.8 Å². The molecule has 184 valence electrons. The molecule has 0 saturated carbocycles. The number of amides is 2. The summed E-state index contributed by atoms with van der Waals surface area (Å²) in [6, 6.07) is 13.2. The smallest absolute Gasteiger partial charge is 0.269 e. The molecule has 1 unspecified atom stereocenters. The second kappa shape index (κ2) is 13.6. The van der Waals surface area contributed by atoms with Crippen molar-refractivity contribution >= 4 is 29.3 Å². The standard InChI is InChI=1S/C25H33N3O5S/c1-5-23(25(30)26-14-18(2)3)27(15-20-7-6-8-22(13-20)33-4)24(29)17-34-16-19-9-11-21(12-10-19)28(31)32/h6-13,18,23H,5,14-17H2,1-4H3,(H,26,30). The minimum Gasteiger partial charge on any atom is -0.497 e. The number of methoxy groups -OCH3 is 1. The average Bonchev–Trinajstić information content (AvgIpc) is 2.82. The maximum absolute atomic E-state index is 13.3. The number of hydrogen-bond acceptors (Lipinski definition) is 6. The summed E-state index contributed by atoms with van der Waals surface area (Å²) in [5, 5.41) is 13.8. The monoisotopic (exact) mass is 487 g/mol. The van der Waals surface area contributed by atoms with Crippen molar-refractivity contribution in [1.29, 1.82) is 0 Å². The molecule has 0 aliphatic carbocycles. The molecule has 2 rings (SSSR count). The zero-order valence-corrected chi connectivity index (χ0v) is 21.0. The molecule has 0 saturated heterocycles. The van der Waals surface area contributed by atoms with Crippen LogP contribution in [0.2, 0.25) is 0 Å². The Morgan fingerprint density at radius 1 is 1.15 bits per heavy atom. The molecule has 2 aromatic carbocycles. The van der Waals surface area contributed by atoms with Crippen LogP contribution in [0.15, 0.2) is 48.5 Å². The van der Waals surface area contributed by atoms with Crippen LogP contribution in [-0.4, -0.2) is 47.1 Å². The molecular weight excluding hydrogens is 454 g/mol. The number of rotatable bonds is 13. The van der Waals surface area contributed by atoms with E-state index >= 15 is 0 Å². The molecule has 0 aliphatic heterocycles. The lowest BCUT2D eigenvalue weighted by atomic mass is 10.1. The Bertz CT molecular complexity index is 965. The van der Waals surface area contributed by atoms with Crippen LogP contribution in [-0.2, 0) is 21.9 Å². The van der Waals surface area contributed by atoms with Crippen molar-refractivity contribution in [2.75, 3.05) is 19.4 Å². The fraction of sp³-hybridized carbons (Fsp3) is 0.440. The quantitative estimate of drug-likeness (QED) is 0.332. The Kier molecular flexibility index (Phi) is 10.9. The number of carbonyl (C=O) groups is 2. The van der Waals surface area contributed by atoms with Crippen LogP contribution in [0.3, 0.4) is 0 Å². The van der Waals surface area contributed by atoms with E-state index < -0.39 is 11.0 Å². The third-order valence-corrected chi connectivity index (χ3v) is 6.19. The SMILES string of the molecule is CCC(C(=O)NCC(C)C)N(Cc1cccc(OC)c1)C(=O)CSCc1ccc([N+](=O)[O-])cc1. The van der Waals surface area contributed by atoms with Crippen LogP contribution < -0.4 is 10.1 Å². The molecule has 0 heterocycles. The van der Waals surface area contributed by atoms with Gasteiger partial charge in [-0.25, -0.2) is 0 Å². The van der Waals surface area contributed by atoms with Crippen molar-refractivity contribution in [3.63, 3.8) is 0 Å². The third kappa shape index (κ3) is 8.37. The number of nitro benzene ring substituents is 1. The van der Waals surface area contributed by atoms with Gasteiger partial charge in [-0.3, -0.25) is 19.7 Å². The lowest BCUT2D eigenvalue weighted by Gasteiger charge is -2.31. The largest absolute Gasteiger partial charge is 0.497 e. The predicted octanol–water partition coefficient (Wildman–Crippen LogP) is 4.42. The maximum Gasteiger partial charge on any atom is 0.269 e. The molecule has 0 aromatic heterocycles. The summed E-state index contributed by atoms with van der Waals surface area (Å²) >= 11 is 1.42. The Hall–Kier alpha value is -3.07. The van der Waals surface area contributed by atoms with E-state index in [1.807, 2.05) is 45.0 Å².